The summed E-state index contributed by atoms with van der Waals surface area (Å²) in [5.41, 5.74) is 2.19. The third-order valence-electron chi connectivity index (χ3n) is 3.16. The Labute approximate surface area is 120 Å². The van der Waals surface area contributed by atoms with Crippen LogP contribution < -0.4 is 10.1 Å². The molecule has 4 nitrogen and oxygen atoms in total. The maximum absolute atomic E-state index is 6.02. The fourth-order valence-corrected chi connectivity index (χ4v) is 2.12. The number of nitrogens with zero attached hydrogens (tertiary/aromatic N) is 2. The molecule has 20 heavy (non-hydrogen) atoms. The average Bonchev–Trinajstić information content (AvgIpc) is 2.48. The number of anilines is 1. The molecule has 0 aliphatic heterocycles. The fourth-order valence-electron chi connectivity index (χ4n) is 2.12. The van der Waals surface area contributed by atoms with E-state index in [2.05, 4.69) is 42.1 Å². The Bertz CT molecular complexity index is 569. The number of aromatic nitrogens is 2. The first-order chi connectivity index (χ1) is 9.80. The van der Waals surface area contributed by atoms with Gasteiger partial charge in [-0.1, -0.05) is 32.0 Å². The van der Waals surface area contributed by atoms with Crippen molar-refractivity contribution in [3.63, 3.8) is 0 Å². The summed E-state index contributed by atoms with van der Waals surface area (Å²) >= 11 is 0. The zero-order valence-electron chi connectivity index (χ0n) is 12.3. The van der Waals surface area contributed by atoms with Crippen molar-refractivity contribution in [2.45, 2.75) is 33.6 Å². The molecule has 2 rings (SSSR count). The van der Waals surface area contributed by atoms with Gasteiger partial charge in [0.05, 0.1) is 5.56 Å². The second kappa shape index (κ2) is 6.89. The quantitative estimate of drug-likeness (QED) is 0.867. The lowest BCUT2D eigenvalue weighted by molar-refractivity contribution is 0.450. The van der Waals surface area contributed by atoms with Crippen molar-refractivity contribution in [3.8, 4) is 11.6 Å². The summed E-state index contributed by atoms with van der Waals surface area (Å²) in [5, 5.41) is 3.25. The van der Waals surface area contributed by atoms with Gasteiger partial charge >= 0.3 is 0 Å². The van der Waals surface area contributed by atoms with Crippen molar-refractivity contribution in [1.29, 1.82) is 0 Å². The molecule has 0 fully saturated rings. The van der Waals surface area contributed by atoms with Crippen LogP contribution in [0.2, 0.25) is 0 Å². The lowest BCUT2D eigenvalue weighted by Crippen LogP contribution is -2.06. The van der Waals surface area contributed by atoms with Gasteiger partial charge in [0.25, 0.3) is 0 Å². The van der Waals surface area contributed by atoms with E-state index in [1.165, 1.54) is 5.56 Å². The topological polar surface area (TPSA) is 47.0 Å². The van der Waals surface area contributed by atoms with Crippen molar-refractivity contribution in [2.24, 2.45) is 0 Å². The van der Waals surface area contributed by atoms with Crippen molar-refractivity contribution in [3.05, 3.63) is 41.7 Å². The van der Waals surface area contributed by atoms with Gasteiger partial charge in [-0.2, -0.15) is 0 Å². The van der Waals surface area contributed by atoms with Crippen LogP contribution in [0.4, 0.5) is 5.82 Å². The SMILES string of the molecule is CCNc1ncnc(Oc2ccccc2CC)c1CC. The molecule has 1 aromatic carbocycles. The minimum absolute atomic E-state index is 0.638. The highest BCUT2D eigenvalue weighted by molar-refractivity contribution is 5.50. The van der Waals surface area contributed by atoms with Crippen LogP contribution in [0.1, 0.15) is 31.9 Å². The summed E-state index contributed by atoms with van der Waals surface area (Å²) in [4.78, 5) is 8.57. The van der Waals surface area contributed by atoms with Crippen LogP contribution in [0.25, 0.3) is 0 Å². The summed E-state index contributed by atoms with van der Waals surface area (Å²) < 4.78 is 6.02. The van der Waals surface area contributed by atoms with Gasteiger partial charge in [-0.05, 0) is 31.4 Å². The molecular formula is C16H21N3O. The van der Waals surface area contributed by atoms with E-state index >= 15 is 0 Å². The van der Waals surface area contributed by atoms with E-state index in [0.717, 1.165) is 36.5 Å². The zero-order chi connectivity index (χ0) is 14.4. The Kier molecular flexibility index (Phi) is 4.93. The Morgan fingerprint density at radius 2 is 1.85 bits per heavy atom. The molecule has 0 amide bonds. The predicted octanol–water partition coefficient (Wildman–Crippen LogP) is 3.83. The van der Waals surface area contributed by atoms with E-state index in [9.17, 15) is 0 Å². The molecule has 1 heterocycles. The average molecular weight is 271 g/mol. The second-order valence-corrected chi connectivity index (χ2v) is 4.45. The van der Waals surface area contributed by atoms with Gasteiger partial charge in [-0.25, -0.2) is 9.97 Å². The molecule has 1 aromatic heterocycles. The summed E-state index contributed by atoms with van der Waals surface area (Å²) in [6.45, 7) is 7.08. The van der Waals surface area contributed by atoms with Crippen LogP contribution in [0.15, 0.2) is 30.6 Å². The number of benzene rings is 1. The molecule has 0 bridgehead atoms. The molecule has 0 saturated carbocycles. The molecule has 4 heteroatoms. The van der Waals surface area contributed by atoms with E-state index < -0.39 is 0 Å². The van der Waals surface area contributed by atoms with Crippen molar-refractivity contribution < 1.29 is 4.74 Å². The molecule has 1 N–H and O–H groups in total. The number of ether oxygens (including phenoxy) is 1. The van der Waals surface area contributed by atoms with Gasteiger partial charge < -0.3 is 10.1 Å². The number of rotatable bonds is 6. The monoisotopic (exact) mass is 271 g/mol. The molecule has 0 aliphatic rings. The molecule has 0 spiro atoms. The summed E-state index contributed by atoms with van der Waals surface area (Å²) in [5.74, 6) is 2.36. The number of hydrogen-bond donors (Lipinski definition) is 1. The molecule has 0 radical (unpaired) electrons. The zero-order valence-corrected chi connectivity index (χ0v) is 12.3. The van der Waals surface area contributed by atoms with Gasteiger partial charge in [-0.15, -0.1) is 0 Å². The first-order valence-corrected chi connectivity index (χ1v) is 7.13. The normalized spacial score (nSPS) is 10.3. The van der Waals surface area contributed by atoms with E-state index in [0.29, 0.717) is 5.88 Å². The Morgan fingerprint density at radius 3 is 2.55 bits per heavy atom. The summed E-state index contributed by atoms with van der Waals surface area (Å²) in [6, 6.07) is 8.06. The third-order valence-corrected chi connectivity index (χ3v) is 3.16. The standard InChI is InChI=1S/C16H21N3O/c1-4-12-9-7-8-10-14(12)20-16-13(5-2)15(17-6-3)18-11-19-16/h7-11H,4-6H2,1-3H3,(H,17,18,19). The van der Waals surface area contributed by atoms with Gasteiger partial charge in [0.15, 0.2) is 0 Å². The van der Waals surface area contributed by atoms with Crippen LogP contribution >= 0.6 is 0 Å². The molecule has 0 aliphatic carbocycles. The minimum atomic E-state index is 0.638. The van der Waals surface area contributed by atoms with Crippen molar-refractivity contribution in [2.75, 3.05) is 11.9 Å². The van der Waals surface area contributed by atoms with Gasteiger partial charge in [0, 0.05) is 6.54 Å². The number of nitrogens with one attached hydrogen (secondary N) is 1. The number of hydrogen-bond acceptors (Lipinski definition) is 4. The fraction of sp³-hybridized carbons (Fsp3) is 0.375. The minimum Gasteiger partial charge on any atom is -0.438 e. The third kappa shape index (κ3) is 3.07. The highest BCUT2D eigenvalue weighted by Crippen LogP contribution is 2.29. The molecule has 2 aromatic rings. The molecule has 0 unspecified atom stereocenters. The van der Waals surface area contributed by atoms with Gasteiger partial charge in [0.2, 0.25) is 5.88 Å². The highest BCUT2D eigenvalue weighted by atomic mass is 16.5. The summed E-state index contributed by atoms with van der Waals surface area (Å²) in [7, 11) is 0. The lowest BCUT2D eigenvalue weighted by Gasteiger charge is -2.14. The van der Waals surface area contributed by atoms with Crippen LogP contribution in [-0.2, 0) is 12.8 Å². The van der Waals surface area contributed by atoms with Crippen LogP contribution in [0.3, 0.4) is 0 Å². The van der Waals surface area contributed by atoms with E-state index in [-0.39, 0.29) is 0 Å². The first-order valence-electron chi connectivity index (χ1n) is 7.13. The smallest absolute Gasteiger partial charge is 0.227 e. The number of aryl methyl sites for hydroxylation is 1. The molecule has 0 saturated heterocycles. The van der Waals surface area contributed by atoms with Crippen molar-refractivity contribution in [1.82, 2.24) is 9.97 Å². The van der Waals surface area contributed by atoms with E-state index in [1.807, 2.05) is 18.2 Å². The lowest BCUT2D eigenvalue weighted by atomic mass is 10.1. The second-order valence-electron chi connectivity index (χ2n) is 4.45. The maximum Gasteiger partial charge on any atom is 0.227 e. The first kappa shape index (κ1) is 14.3. The molecular weight excluding hydrogens is 250 g/mol. The van der Waals surface area contributed by atoms with E-state index in [1.54, 1.807) is 6.33 Å². The largest absolute Gasteiger partial charge is 0.438 e. The van der Waals surface area contributed by atoms with Crippen LogP contribution in [-0.4, -0.2) is 16.5 Å². The Hall–Kier alpha value is -2.10. The van der Waals surface area contributed by atoms with Crippen molar-refractivity contribution >= 4 is 5.82 Å². The van der Waals surface area contributed by atoms with Crippen LogP contribution in [0, 0.1) is 0 Å². The Morgan fingerprint density at radius 1 is 1.05 bits per heavy atom. The molecule has 0 atom stereocenters. The number of para-hydroxylation sites is 1. The predicted molar refractivity (Wildman–Crippen MR) is 81.5 cm³/mol. The maximum atomic E-state index is 6.02. The highest BCUT2D eigenvalue weighted by Gasteiger charge is 2.12. The molecule has 106 valence electrons. The van der Waals surface area contributed by atoms with Gasteiger partial charge in [-0.3, -0.25) is 0 Å². The Balaban J connectivity index is 2.35. The van der Waals surface area contributed by atoms with Gasteiger partial charge in [0.1, 0.15) is 17.9 Å². The van der Waals surface area contributed by atoms with E-state index in [4.69, 9.17) is 4.74 Å². The summed E-state index contributed by atoms with van der Waals surface area (Å²) in [6.07, 6.45) is 3.30. The van der Waals surface area contributed by atoms with Crippen LogP contribution in [0.5, 0.6) is 11.6 Å².